The van der Waals surface area contributed by atoms with Crippen LogP contribution < -0.4 is 5.73 Å². The van der Waals surface area contributed by atoms with Crippen molar-refractivity contribution in [3.63, 3.8) is 0 Å². The monoisotopic (exact) mass is 219 g/mol. The molecular formula is C14H21NO. The Hall–Kier alpha value is -0.860. The van der Waals surface area contributed by atoms with E-state index in [0.29, 0.717) is 6.54 Å². The molecule has 0 bridgehead atoms. The van der Waals surface area contributed by atoms with E-state index in [9.17, 15) is 0 Å². The largest absolute Gasteiger partial charge is 0.381 e. The minimum absolute atomic E-state index is 0.279. The normalized spacial score (nSPS) is 18.1. The standard InChI is InChI=1S/C14H21NO/c1-2-16-11-14(7-4-8-14)13-6-3-5-12(9-13)10-15/h3,5-6,9H,2,4,7-8,10-11,15H2,1H3. The summed E-state index contributed by atoms with van der Waals surface area (Å²) in [5.74, 6) is 0. The summed E-state index contributed by atoms with van der Waals surface area (Å²) in [6, 6.07) is 8.68. The lowest BCUT2D eigenvalue weighted by atomic mass is 9.65. The van der Waals surface area contributed by atoms with Crippen LogP contribution >= 0.6 is 0 Å². The molecule has 2 rings (SSSR count). The van der Waals surface area contributed by atoms with Crippen molar-refractivity contribution < 1.29 is 4.74 Å². The highest BCUT2D eigenvalue weighted by Crippen LogP contribution is 2.44. The fraction of sp³-hybridized carbons (Fsp3) is 0.571. The highest BCUT2D eigenvalue weighted by atomic mass is 16.5. The molecule has 1 aliphatic carbocycles. The first kappa shape index (κ1) is 11.6. The van der Waals surface area contributed by atoms with Gasteiger partial charge in [0.15, 0.2) is 0 Å². The maximum Gasteiger partial charge on any atom is 0.0562 e. The van der Waals surface area contributed by atoms with Crippen LogP contribution in [-0.2, 0) is 16.7 Å². The van der Waals surface area contributed by atoms with Gasteiger partial charge in [0.2, 0.25) is 0 Å². The van der Waals surface area contributed by atoms with E-state index in [0.717, 1.165) is 13.2 Å². The van der Waals surface area contributed by atoms with Crippen molar-refractivity contribution >= 4 is 0 Å². The van der Waals surface area contributed by atoms with Crippen molar-refractivity contribution in [2.24, 2.45) is 5.73 Å². The Morgan fingerprint density at radius 3 is 2.75 bits per heavy atom. The fourth-order valence-corrected chi connectivity index (χ4v) is 2.45. The van der Waals surface area contributed by atoms with Crippen LogP contribution in [0.2, 0.25) is 0 Å². The molecule has 1 aromatic carbocycles. The average Bonchev–Trinajstić information content (AvgIpc) is 2.28. The van der Waals surface area contributed by atoms with Crippen molar-refractivity contribution in [1.82, 2.24) is 0 Å². The molecule has 2 nitrogen and oxygen atoms in total. The van der Waals surface area contributed by atoms with Gasteiger partial charge < -0.3 is 10.5 Å². The van der Waals surface area contributed by atoms with Crippen LogP contribution in [0.3, 0.4) is 0 Å². The van der Waals surface area contributed by atoms with Gasteiger partial charge in [-0.1, -0.05) is 30.7 Å². The molecule has 16 heavy (non-hydrogen) atoms. The molecule has 88 valence electrons. The maximum atomic E-state index is 5.69. The third-order valence-electron chi connectivity index (χ3n) is 3.67. The molecule has 0 atom stereocenters. The van der Waals surface area contributed by atoms with Gasteiger partial charge in [-0.05, 0) is 30.9 Å². The van der Waals surface area contributed by atoms with Gasteiger partial charge in [-0.3, -0.25) is 0 Å². The smallest absolute Gasteiger partial charge is 0.0562 e. The Bertz CT molecular complexity index is 344. The first-order chi connectivity index (χ1) is 7.80. The predicted molar refractivity (Wildman–Crippen MR) is 66.4 cm³/mol. The molecule has 0 saturated heterocycles. The zero-order valence-corrected chi connectivity index (χ0v) is 10.0. The van der Waals surface area contributed by atoms with Crippen LogP contribution in [0.1, 0.15) is 37.3 Å². The van der Waals surface area contributed by atoms with E-state index in [4.69, 9.17) is 10.5 Å². The molecule has 0 aromatic heterocycles. The molecule has 0 unspecified atom stereocenters. The Labute approximate surface area is 97.8 Å². The summed E-state index contributed by atoms with van der Waals surface area (Å²) in [5.41, 5.74) is 8.60. The van der Waals surface area contributed by atoms with Crippen molar-refractivity contribution in [1.29, 1.82) is 0 Å². The molecule has 1 aromatic rings. The number of hydrogen-bond donors (Lipinski definition) is 1. The van der Waals surface area contributed by atoms with Crippen LogP contribution in [0.4, 0.5) is 0 Å². The SMILES string of the molecule is CCOCC1(c2cccc(CN)c2)CCC1. The first-order valence-corrected chi connectivity index (χ1v) is 6.18. The van der Waals surface area contributed by atoms with E-state index in [1.807, 2.05) is 0 Å². The summed E-state index contributed by atoms with van der Waals surface area (Å²) in [5, 5.41) is 0. The zero-order chi connectivity index (χ0) is 11.4. The fourth-order valence-electron chi connectivity index (χ4n) is 2.45. The molecule has 0 heterocycles. The highest BCUT2D eigenvalue weighted by molar-refractivity contribution is 5.32. The molecule has 0 spiro atoms. The highest BCUT2D eigenvalue weighted by Gasteiger charge is 2.38. The predicted octanol–water partition coefficient (Wildman–Crippen LogP) is 2.60. The summed E-state index contributed by atoms with van der Waals surface area (Å²) in [6.07, 6.45) is 3.82. The average molecular weight is 219 g/mol. The van der Waals surface area contributed by atoms with Crippen LogP contribution in [0.15, 0.2) is 24.3 Å². The van der Waals surface area contributed by atoms with Gasteiger partial charge in [-0.15, -0.1) is 0 Å². The van der Waals surface area contributed by atoms with Crippen molar-refractivity contribution in [2.45, 2.75) is 38.1 Å². The third-order valence-corrected chi connectivity index (χ3v) is 3.67. The lowest BCUT2D eigenvalue weighted by Crippen LogP contribution is -2.39. The van der Waals surface area contributed by atoms with Gasteiger partial charge in [0.1, 0.15) is 0 Å². The summed E-state index contributed by atoms with van der Waals surface area (Å²) in [6.45, 7) is 4.34. The topological polar surface area (TPSA) is 35.2 Å². The Morgan fingerprint density at radius 2 is 2.19 bits per heavy atom. The molecule has 1 fully saturated rings. The van der Waals surface area contributed by atoms with Crippen LogP contribution in [0.25, 0.3) is 0 Å². The quantitative estimate of drug-likeness (QED) is 0.826. The van der Waals surface area contributed by atoms with Crippen molar-refractivity contribution in [2.75, 3.05) is 13.2 Å². The van der Waals surface area contributed by atoms with Crippen LogP contribution in [0, 0.1) is 0 Å². The second kappa shape index (κ2) is 4.98. The maximum absolute atomic E-state index is 5.69. The number of nitrogens with two attached hydrogens (primary N) is 1. The lowest BCUT2D eigenvalue weighted by molar-refractivity contribution is 0.0521. The van der Waals surface area contributed by atoms with Gasteiger partial charge in [0.05, 0.1) is 6.61 Å². The zero-order valence-electron chi connectivity index (χ0n) is 10.0. The van der Waals surface area contributed by atoms with Crippen LogP contribution in [-0.4, -0.2) is 13.2 Å². The lowest BCUT2D eigenvalue weighted by Gasteiger charge is -2.42. The molecule has 2 heteroatoms. The van der Waals surface area contributed by atoms with E-state index in [-0.39, 0.29) is 5.41 Å². The van der Waals surface area contributed by atoms with E-state index in [1.54, 1.807) is 0 Å². The first-order valence-electron chi connectivity index (χ1n) is 6.18. The van der Waals surface area contributed by atoms with Gasteiger partial charge in [-0.25, -0.2) is 0 Å². The molecule has 0 radical (unpaired) electrons. The van der Waals surface area contributed by atoms with Crippen molar-refractivity contribution in [3.05, 3.63) is 35.4 Å². The molecule has 0 amide bonds. The minimum atomic E-state index is 0.279. The second-order valence-corrected chi connectivity index (χ2v) is 4.68. The van der Waals surface area contributed by atoms with Gasteiger partial charge in [-0.2, -0.15) is 0 Å². The van der Waals surface area contributed by atoms with Crippen LogP contribution in [0.5, 0.6) is 0 Å². The molecule has 1 saturated carbocycles. The van der Waals surface area contributed by atoms with Gasteiger partial charge in [0.25, 0.3) is 0 Å². The van der Waals surface area contributed by atoms with E-state index >= 15 is 0 Å². The minimum Gasteiger partial charge on any atom is -0.381 e. The van der Waals surface area contributed by atoms with E-state index in [2.05, 4.69) is 31.2 Å². The second-order valence-electron chi connectivity index (χ2n) is 4.68. The molecule has 2 N–H and O–H groups in total. The van der Waals surface area contributed by atoms with E-state index in [1.165, 1.54) is 30.4 Å². The van der Waals surface area contributed by atoms with Crippen molar-refractivity contribution in [3.8, 4) is 0 Å². The summed E-state index contributed by atoms with van der Waals surface area (Å²) in [7, 11) is 0. The summed E-state index contributed by atoms with van der Waals surface area (Å²) < 4.78 is 5.64. The molecule has 1 aliphatic rings. The number of hydrogen-bond acceptors (Lipinski definition) is 2. The Kier molecular flexibility index (Phi) is 3.62. The summed E-state index contributed by atoms with van der Waals surface area (Å²) in [4.78, 5) is 0. The molecule has 0 aliphatic heterocycles. The summed E-state index contributed by atoms with van der Waals surface area (Å²) >= 11 is 0. The Balaban J connectivity index is 2.18. The van der Waals surface area contributed by atoms with E-state index < -0.39 is 0 Å². The number of ether oxygens (including phenoxy) is 1. The van der Waals surface area contributed by atoms with Gasteiger partial charge >= 0.3 is 0 Å². The van der Waals surface area contributed by atoms with Gasteiger partial charge in [0, 0.05) is 18.6 Å². The third kappa shape index (κ3) is 2.13. The molecular weight excluding hydrogens is 198 g/mol. The Morgan fingerprint density at radius 1 is 1.38 bits per heavy atom. The number of benzene rings is 1. The number of rotatable bonds is 5.